The van der Waals surface area contributed by atoms with E-state index < -0.39 is 0 Å². The fourth-order valence-corrected chi connectivity index (χ4v) is 2.40. The van der Waals surface area contributed by atoms with Gasteiger partial charge in [0.25, 0.3) is 0 Å². The highest BCUT2D eigenvalue weighted by molar-refractivity contribution is 6.35. The normalized spacial score (nSPS) is 20.0. The van der Waals surface area contributed by atoms with Crippen LogP contribution in [0.5, 0.6) is 5.88 Å². The summed E-state index contributed by atoms with van der Waals surface area (Å²) in [6.07, 6.45) is 1.30. The van der Waals surface area contributed by atoms with Crippen LogP contribution in [0.1, 0.15) is 6.92 Å². The van der Waals surface area contributed by atoms with E-state index in [1.807, 2.05) is 6.92 Å². The van der Waals surface area contributed by atoms with E-state index >= 15 is 0 Å². The van der Waals surface area contributed by atoms with Crippen molar-refractivity contribution in [2.45, 2.75) is 19.1 Å². The number of nitrogens with one attached hydrogen (secondary N) is 2. The summed E-state index contributed by atoms with van der Waals surface area (Å²) in [5.74, 6) is 0.184. The number of rotatable bonds is 5. The van der Waals surface area contributed by atoms with Crippen molar-refractivity contribution in [3.63, 3.8) is 0 Å². The average molecular weight is 407 g/mol. The lowest BCUT2D eigenvalue weighted by atomic mass is 10.1. The molecule has 2 N–H and O–H groups in total. The van der Waals surface area contributed by atoms with E-state index in [1.54, 1.807) is 6.07 Å². The highest BCUT2D eigenvalue weighted by atomic mass is 35.5. The number of nitrogens with zero attached hydrogens (tertiary/aromatic N) is 1. The third kappa shape index (κ3) is 6.87. The number of pyridine rings is 1. The molecule has 132 valence electrons. The standard InChI is InChI=1S/C13H17Cl2N3O3.2ClH/c1-8-11(16-2-4-20-8)12(19)17-3-5-21-13-10(15)6-9(14)7-18-13;;/h6-8,11,16H,2-5H2,1H3,(H,17,19);2*1H/t8-,11+;;/m1../s1. The van der Waals surface area contributed by atoms with E-state index in [9.17, 15) is 4.79 Å². The molecule has 1 amide bonds. The van der Waals surface area contributed by atoms with Gasteiger partial charge in [-0.2, -0.15) is 0 Å². The third-order valence-corrected chi connectivity index (χ3v) is 3.49. The van der Waals surface area contributed by atoms with Gasteiger partial charge in [-0.15, -0.1) is 24.8 Å². The number of hydrogen-bond donors (Lipinski definition) is 2. The van der Waals surface area contributed by atoms with E-state index in [1.165, 1.54) is 6.20 Å². The molecule has 0 aromatic carbocycles. The smallest absolute Gasteiger partial charge is 0.239 e. The molecule has 1 aliphatic rings. The van der Waals surface area contributed by atoms with Crippen LogP contribution >= 0.6 is 48.0 Å². The van der Waals surface area contributed by atoms with Crippen LogP contribution in [-0.2, 0) is 9.53 Å². The molecule has 0 spiro atoms. The molecule has 0 unspecified atom stereocenters. The van der Waals surface area contributed by atoms with Gasteiger partial charge in [-0.05, 0) is 13.0 Å². The summed E-state index contributed by atoms with van der Waals surface area (Å²) in [7, 11) is 0. The van der Waals surface area contributed by atoms with Crippen molar-refractivity contribution in [1.29, 1.82) is 0 Å². The van der Waals surface area contributed by atoms with E-state index in [2.05, 4.69) is 15.6 Å². The van der Waals surface area contributed by atoms with E-state index in [0.717, 1.165) is 0 Å². The largest absolute Gasteiger partial charge is 0.475 e. The first-order valence-corrected chi connectivity index (χ1v) is 7.40. The summed E-state index contributed by atoms with van der Waals surface area (Å²) >= 11 is 11.7. The minimum absolute atomic E-state index is 0. The lowest BCUT2D eigenvalue weighted by molar-refractivity contribution is -0.129. The first-order chi connectivity index (χ1) is 10.1. The van der Waals surface area contributed by atoms with Crippen LogP contribution in [0, 0.1) is 0 Å². The summed E-state index contributed by atoms with van der Waals surface area (Å²) in [4.78, 5) is 15.9. The SMILES string of the molecule is C[C@H]1OCCN[C@@H]1C(=O)NCCOc1ncc(Cl)cc1Cl.Cl.Cl. The van der Waals surface area contributed by atoms with Crippen molar-refractivity contribution >= 4 is 53.9 Å². The molecule has 0 bridgehead atoms. The highest BCUT2D eigenvalue weighted by Gasteiger charge is 2.27. The number of hydrogen-bond acceptors (Lipinski definition) is 5. The van der Waals surface area contributed by atoms with Crippen LogP contribution in [0.2, 0.25) is 10.0 Å². The summed E-state index contributed by atoms with van der Waals surface area (Å²) in [5.41, 5.74) is 0. The van der Waals surface area contributed by atoms with E-state index in [-0.39, 0.29) is 49.5 Å². The van der Waals surface area contributed by atoms with Crippen LogP contribution in [0.4, 0.5) is 0 Å². The zero-order chi connectivity index (χ0) is 15.2. The van der Waals surface area contributed by atoms with Crippen molar-refractivity contribution in [3.05, 3.63) is 22.3 Å². The van der Waals surface area contributed by atoms with Crippen molar-refractivity contribution < 1.29 is 14.3 Å². The summed E-state index contributed by atoms with van der Waals surface area (Å²) in [6.45, 7) is 3.77. The number of morpholine rings is 1. The molecule has 0 saturated carbocycles. The maximum Gasteiger partial charge on any atom is 0.239 e. The molecule has 6 nitrogen and oxygen atoms in total. The predicted molar refractivity (Wildman–Crippen MR) is 94.5 cm³/mol. The number of aromatic nitrogens is 1. The van der Waals surface area contributed by atoms with Crippen molar-refractivity contribution in [2.24, 2.45) is 0 Å². The van der Waals surface area contributed by atoms with Crippen molar-refractivity contribution in [2.75, 3.05) is 26.3 Å². The molecule has 0 aliphatic carbocycles. The third-order valence-electron chi connectivity index (χ3n) is 3.01. The van der Waals surface area contributed by atoms with Crippen LogP contribution in [0.3, 0.4) is 0 Å². The predicted octanol–water partition coefficient (Wildman–Crippen LogP) is 2.10. The Morgan fingerprint density at radius 1 is 1.52 bits per heavy atom. The number of halogens is 4. The Morgan fingerprint density at radius 2 is 2.26 bits per heavy atom. The number of amides is 1. The molecule has 23 heavy (non-hydrogen) atoms. The van der Waals surface area contributed by atoms with Gasteiger partial charge in [0.2, 0.25) is 11.8 Å². The zero-order valence-electron chi connectivity index (χ0n) is 12.4. The second kappa shape index (κ2) is 11.1. The molecule has 1 aromatic heterocycles. The van der Waals surface area contributed by atoms with Gasteiger partial charge < -0.3 is 20.1 Å². The maximum atomic E-state index is 12.0. The van der Waals surface area contributed by atoms with Crippen LogP contribution in [-0.4, -0.2) is 49.3 Å². The Balaban J connectivity index is 0.00000242. The molecular weight excluding hydrogens is 388 g/mol. The van der Waals surface area contributed by atoms with Crippen molar-refractivity contribution in [1.82, 2.24) is 15.6 Å². The molecule has 2 rings (SSSR count). The Kier molecular flexibility index (Phi) is 10.9. The Morgan fingerprint density at radius 3 is 2.91 bits per heavy atom. The topological polar surface area (TPSA) is 72.5 Å². The Hall–Kier alpha value is -0.500. The summed E-state index contributed by atoms with van der Waals surface area (Å²) < 4.78 is 10.8. The quantitative estimate of drug-likeness (QED) is 0.732. The van der Waals surface area contributed by atoms with Gasteiger partial charge >= 0.3 is 0 Å². The summed E-state index contributed by atoms with van der Waals surface area (Å²) in [5, 5.41) is 6.68. The van der Waals surface area contributed by atoms with Crippen LogP contribution in [0.15, 0.2) is 12.3 Å². The van der Waals surface area contributed by atoms with Crippen LogP contribution in [0.25, 0.3) is 0 Å². The lowest BCUT2D eigenvalue weighted by Crippen LogP contribution is -2.55. The van der Waals surface area contributed by atoms with E-state index in [4.69, 9.17) is 32.7 Å². The fraction of sp³-hybridized carbons (Fsp3) is 0.538. The zero-order valence-corrected chi connectivity index (χ0v) is 15.5. The maximum absolute atomic E-state index is 12.0. The molecule has 1 saturated heterocycles. The van der Waals surface area contributed by atoms with Gasteiger partial charge in [-0.1, -0.05) is 23.2 Å². The lowest BCUT2D eigenvalue weighted by Gasteiger charge is -2.29. The average Bonchev–Trinajstić information content (AvgIpc) is 2.45. The van der Waals surface area contributed by atoms with Crippen molar-refractivity contribution in [3.8, 4) is 5.88 Å². The monoisotopic (exact) mass is 405 g/mol. The Bertz CT molecular complexity index is 507. The molecule has 2 heterocycles. The summed E-state index contributed by atoms with van der Waals surface area (Å²) in [6, 6.07) is 1.21. The molecule has 2 atom stereocenters. The van der Waals surface area contributed by atoms with Gasteiger partial charge in [-0.25, -0.2) is 4.98 Å². The van der Waals surface area contributed by atoms with Gasteiger partial charge in [0, 0.05) is 12.7 Å². The second-order valence-corrected chi connectivity index (χ2v) is 5.43. The number of carbonyl (C=O) groups is 1. The fourth-order valence-electron chi connectivity index (χ4n) is 1.97. The second-order valence-electron chi connectivity index (χ2n) is 4.59. The molecule has 1 aliphatic heterocycles. The van der Waals surface area contributed by atoms with E-state index in [0.29, 0.717) is 35.6 Å². The van der Waals surface area contributed by atoms with Gasteiger partial charge in [-0.3, -0.25) is 4.79 Å². The number of ether oxygens (including phenoxy) is 2. The van der Waals surface area contributed by atoms with Gasteiger partial charge in [0.1, 0.15) is 17.7 Å². The Labute approximate surface area is 157 Å². The van der Waals surface area contributed by atoms with Gasteiger partial charge in [0.15, 0.2) is 0 Å². The minimum atomic E-state index is -0.337. The molecular formula is C13H19Cl4N3O3. The molecule has 1 aromatic rings. The number of carbonyl (C=O) groups excluding carboxylic acids is 1. The highest BCUT2D eigenvalue weighted by Crippen LogP contribution is 2.24. The first-order valence-electron chi connectivity index (χ1n) is 6.64. The van der Waals surface area contributed by atoms with Crippen LogP contribution < -0.4 is 15.4 Å². The first kappa shape index (κ1) is 22.5. The minimum Gasteiger partial charge on any atom is -0.475 e. The van der Waals surface area contributed by atoms with Gasteiger partial charge in [0.05, 0.1) is 24.3 Å². The molecule has 0 radical (unpaired) electrons. The molecule has 1 fully saturated rings. The molecule has 10 heteroatoms.